The monoisotopic (exact) mass is 252 g/mol. The van der Waals surface area contributed by atoms with Crippen LogP contribution in [0.3, 0.4) is 0 Å². The Hall–Kier alpha value is -0.200. The van der Waals surface area contributed by atoms with E-state index in [4.69, 9.17) is 25.5 Å². The summed E-state index contributed by atoms with van der Waals surface area (Å²) in [6.07, 6.45) is 1.49. The van der Waals surface area contributed by atoms with E-state index in [-0.39, 0.29) is 13.2 Å². The molecule has 0 fully saturated rings. The predicted molar refractivity (Wildman–Crippen MR) is 66.6 cm³/mol. The van der Waals surface area contributed by atoms with Crippen LogP contribution in [0.1, 0.15) is 46.5 Å². The van der Waals surface area contributed by atoms with E-state index < -0.39 is 17.8 Å². The highest BCUT2D eigenvalue weighted by atomic mass is 16.3. The topological polar surface area (TPSA) is 101 Å². The first-order valence-corrected chi connectivity index (χ1v) is 6.03. The van der Waals surface area contributed by atoms with E-state index in [1.807, 2.05) is 0 Å². The number of aliphatic hydroxyl groups is 5. The summed E-state index contributed by atoms with van der Waals surface area (Å²) in [5, 5.41) is 43.1. The lowest BCUT2D eigenvalue weighted by Gasteiger charge is -2.17. The lowest BCUT2D eigenvalue weighted by atomic mass is 10.0. The van der Waals surface area contributed by atoms with E-state index in [9.17, 15) is 0 Å². The Morgan fingerprint density at radius 3 is 1.82 bits per heavy atom. The summed E-state index contributed by atoms with van der Waals surface area (Å²) in [6.45, 7) is 5.01. The Kier molecular flexibility index (Phi) is 12.3. The van der Waals surface area contributed by atoms with Gasteiger partial charge in [-0.3, -0.25) is 0 Å². The van der Waals surface area contributed by atoms with E-state index in [1.54, 1.807) is 20.8 Å². The zero-order valence-corrected chi connectivity index (χ0v) is 11.1. The first-order valence-electron chi connectivity index (χ1n) is 6.03. The highest BCUT2D eigenvalue weighted by Gasteiger charge is 2.14. The van der Waals surface area contributed by atoms with Gasteiger partial charge in [-0.25, -0.2) is 0 Å². The fraction of sp³-hybridized carbons (Fsp3) is 1.00. The van der Waals surface area contributed by atoms with Crippen LogP contribution in [0.5, 0.6) is 0 Å². The zero-order valence-electron chi connectivity index (χ0n) is 11.1. The average Bonchev–Trinajstić information content (AvgIpc) is 2.15. The van der Waals surface area contributed by atoms with Crippen LogP contribution < -0.4 is 0 Å². The van der Waals surface area contributed by atoms with Crippen LogP contribution >= 0.6 is 0 Å². The summed E-state index contributed by atoms with van der Waals surface area (Å²) >= 11 is 0. The number of hydrogen-bond donors (Lipinski definition) is 5. The van der Waals surface area contributed by atoms with Crippen molar-refractivity contribution in [1.29, 1.82) is 0 Å². The molecule has 0 bridgehead atoms. The molecule has 0 saturated heterocycles. The third kappa shape index (κ3) is 21.6. The molecule has 2 atom stereocenters. The van der Waals surface area contributed by atoms with Crippen LogP contribution in [0.25, 0.3) is 0 Å². The fourth-order valence-corrected chi connectivity index (χ4v) is 1.31. The first kappa shape index (κ1) is 19.1. The van der Waals surface area contributed by atoms with Gasteiger partial charge in [-0.15, -0.1) is 0 Å². The minimum atomic E-state index is -0.728. The lowest BCUT2D eigenvalue weighted by Crippen LogP contribution is -2.24. The van der Waals surface area contributed by atoms with Gasteiger partial charge in [0.05, 0.1) is 24.4 Å². The SMILES string of the molecule is CC(O)CC(C)(C)O.OCCCCC(O)CO. The molecule has 0 aromatic heterocycles. The Balaban J connectivity index is 0. The molecular formula is C12H28O5. The normalized spacial score (nSPS) is 14.8. The van der Waals surface area contributed by atoms with Gasteiger partial charge in [0, 0.05) is 13.0 Å². The van der Waals surface area contributed by atoms with E-state index >= 15 is 0 Å². The number of rotatable bonds is 7. The molecule has 106 valence electrons. The fourth-order valence-electron chi connectivity index (χ4n) is 1.31. The summed E-state index contributed by atoms with van der Waals surface area (Å²) in [7, 11) is 0. The Morgan fingerprint density at radius 1 is 1.06 bits per heavy atom. The molecular weight excluding hydrogens is 224 g/mol. The van der Waals surface area contributed by atoms with Gasteiger partial charge in [0.1, 0.15) is 0 Å². The van der Waals surface area contributed by atoms with Gasteiger partial charge < -0.3 is 25.5 Å². The quantitative estimate of drug-likeness (QED) is 0.412. The molecule has 0 aliphatic heterocycles. The Morgan fingerprint density at radius 2 is 1.59 bits per heavy atom. The van der Waals surface area contributed by atoms with Crippen molar-refractivity contribution < 1.29 is 25.5 Å². The third-order valence-corrected chi connectivity index (χ3v) is 1.95. The van der Waals surface area contributed by atoms with Gasteiger partial charge >= 0.3 is 0 Å². The van der Waals surface area contributed by atoms with Crippen molar-refractivity contribution in [1.82, 2.24) is 0 Å². The van der Waals surface area contributed by atoms with Gasteiger partial charge in [-0.05, 0) is 40.0 Å². The van der Waals surface area contributed by atoms with E-state index in [0.29, 0.717) is 19.3 Å². The molecule has 0 rings (SSSR count). The molecule has 0 amide bonds. The molecule has 5 N–H and O–H groups in total. The molecule has 2 unspecified atom stereocenters. The second-order valence-corrected chi connectivity index (χ2v) is 4.92. The standard InChI is InChI=1S/C6H14O3.C6H14O2/c7-4-2-1-3-6(9)5-8;1-5(7)4-6(2,3)8/h6-9H,1-5H2;5,7-8H,4H2,1-3H3. The van der Waals surface area contributed by atoms with Crippen LogP contribution in [0.15, 0.2) is 0 Å². The second kappa shape index (κ2) is 10.9. The molecule has 5 nitrogen and oxygen atoms in total. The molecule has 0 saturated carbocycles. The average molecular weight is 252 g/mol. The summed E-state index contributed by atoms with van der Waals surface area (Å²) < 4.78 is 0. The maximum atomic E-state index is 9.03. The maximum absolute atomic E-state index is 9.03. The number of aliphatic hydroxyl groups excluding tert-OH is 4. The van der Waals surface area contributed by atoms with Crippen molar-refractivity contribution >= 4 is 0 Å². The van der Waals surface area contributed by atoms with E-state index in [1.165, 1.54) is 0 Å². The van der Waals surface area contributed by atoms with Crippen molar-refractivity contribution in [3.8, 4) is 0 Å². The van der Waals surface area contributed by atoms with Crippen molar-refractivity contribution in [2.24, 2.45) is 0 Å². The maximum Gasteiger partial charge on any atom is 0.0771 e. The Labute approximate surface area is 104 Å². The van der Waals surface area contributed by atoms with Crippen LogP contribution in [0.2, 0.25) is 0 Å². The van der Waals surface area contributed by atoms with Crippen molar-refractivity contribution in [2.45, 2.75) is 64.3 Å². The number of hydrogen-bond acceptors (Lipinski definition) is 5. The molecule has 17 heavy (non-hydrogen) atoms. The summed E-state index contributed by atoms with van der Waals surface area (Å²) in [5.74, 6) is 0. The minimum Gasteiger partial charge on any atom is -0.396 e. The molecule has 5 heteroatoms. The van der Waals surface area contributed by atoms with Crippen molar-refractivity contribution in [2.75, 3.05) is 13.2 Å². The minimum absolute atomic E-state index is 0.165. The van der Waals surface area contributed by atoms with E-state index in [2.05, 4.69) is 0 Å². The summed E-state index contributed by atoms with van der Waals surface area (Å²) in [6, 6.07) is 0. The highest BCUT2D eigenvalue weighted by molar-refractivity contribution is 4.67. The largest absolute Gasteiger partial charge is 0.396 e. The Bertz CT molecular complexity index is 153. The predicted octanol–water partition coefficient (Wildman–Crippen LogP) is 0.0304. The summed E-state index contributed by atoms with van der Waals surface area (Å²) in [5.41, 5.74) is -0.728. The molecule has 0 aromatic rings. The van der Waals surface area contributed by atoms with Crippen LogP contribution in [0, 0.1) is 0 Å². The third-order valence-electron chi connectivity index (χ3n) is 1.95. The molecule has 0 radical (unpaired) electrons. The van der Waals surface area contributed by atoms with Gasteiger partial charge in [-0.1, -0.05) is 0 Å². The van der Waals surface area contributed by atoms with Crippen molar-refractivity contribution in [3.63, 3.8) is 0 Å². The number of unbranched alkanes of at least 4 members (excludes halogenated alkanes) is 1. The summed E-state index contributed by atoms with van der Waals surface area (Å²) in [4.78, 5) is 0. The highest BCUT2D eigenvalue weighted by Crippen LogP contribution is 2.09. The molecule has 0 spiro atoms. The molecule has 0 aliphatic rings. The van der Waals surface area contributed by atoms with Gasteiger partial charge in [0.2, 0.25) is 0 Å². The van der Waals surface area contributed by atoms with Gasteiger partial charge in [0.25, 0.3) is 0 Å². The van der Waals surface area contributed by atoms with Crippen molar-refractivity contribution in [3.05, 3.63) is 0 Å². The molecule has 0 heterocycles. The van der Waals surface area contributed by atoms with Gasteiger partial charge in [-0.2, -0.15) is 0 Å². The second-order valence-electron chi connectivity index (χ2n) is 4.92. The van der Waals surface area contributed by atoms with Gasteiger partial charge in [0.15, 0.2) is 0 Å². The van der Waals surface area contributed by atoms with E-state index in [0.717, 1.165) is 6.42 Å². The van der Waals surface area contributed by atoms with Crippen LogP contribution in [-0.4, -0.2) is 56.6 Å². The smallest absolute Gasteiger partial charge is 0.0771 e. The molecule has 0 aromatic carbocycles. The molecule has 0 aliphatic carbocycles. The first-order chi connectivity index (χ1) is 7.72. The van der Waals surface area contributed by atoms with Crippen LogP contribution in [-0.2, 0) is 0 Å². The zero-order chi connectivity index (χ0) is 13.9. The van der Waals surface area contributed by atoms with Crippen LogP contribution in [0.4, 0.5) is 0 Å². The lowest BCUT2D eigenvalue weighted by molar-refractivity contribution is 0.0249.